The summed E-state index contributed by atoms with van der Waals surface area (Å²) in [7, 11) is 0. The molecule has 1 aromatic rings. The lowest BCUT2D eigenvalue weighted by Crippen LogP contribution is -2.38. The lowest BCUT2D eigenvalue weighted by molar-refractivity contribution is -0.108. The molecular formula is C16H24O2. The van der Waals surface area contributed by atoms with Crippen molar-refractivity contribution < 1.29 is 9.84 Å². The highest BCUT2D eigenvalue weighted by molar-refractivity contribution is 5.29. The highest BCUT2D eigenvalue weighted by atomic mass is 16.5. The van der Waals surface area contributed by atoms with E-state index in [9.17, 15) is 5.11 Å². The summed E-state index contributed by atoms with van der Waals surface area (Å²) >= 11 is 0. The Balaban J connectivity index is 2.18. The molecule has 0 radical (unpaired) electrons. The number of aliphatic hydroxyl groups is 1. The third-order valence-corrected chi connectivity index (χ3v) is 4.00. The quantitative estimate of drug-likeness (QED) is 0.886. The second-order valence-electron chi connectivity index (χ2n) is 5.66. The molecule has 1 saturated heterocycles. The molecule has 0 bridgehead atoms. The maximum Gasteiger partial charge on any atom is 0.0943 e. The summed E-state index contributed by atoms with van der Waals surface area (Å²) in [5, 5.41) is 10.8. The lowest BCUT2D eigenvalue weighted by atomic mass is 9.82. The Bertz CT molecular complexity index is 383. The molecule has 2 atom stereocenters. The van der Waals surface area contributed by atoms with Gasteiger partial charge in [-0.25, -0.2) is 0 Å². The van der Waals surface area contributed by atoms with Gasteiger partial charge in [0.15, 0.2) is 0 Å². The zero-order chi connectivity index (χ0) is 13.2. The van der Waals surface area contributed by atoms with E-state index in [0.29, 0.717) is 25.4 Å². The van der Waals surface area contributed by atoms with Crippen LogP contribution >= 0.6 is 0 Å². The maximum atomic E-state index is 10.8. The SMILES string of the molecule is CCC1CC(O)(c2ccc(C(C)C)cc2)CCO1. The van der Waals surface area contributed by atoms with Crippen molar-refractivity contribution in [3.8, 4) is 0 Å². The third-order valence-electron chi connectivity index (χ3n) is 4.00. The fourth-order valence-electron chi connectivity index (χ4n) is 2.63. The van der Waals surface area contributed by atoms with E-state index < -0.39 is 5.60 Å². The summed E-state index contributed by atoms with van der Waals surface area (Å²) in [6.07, 6.45) is 2.56. The summed E-state index contributed by atoms with van der Waals surface area (Å²) in [4.78, 5) is 0. The van der Waals surface area contributed by atoms with Crippen molar-refractivity contribution in [2.45, 2.75) is 57.7 Å². The highest BCUT2D eigenvalue weighted by Gasteiger charge is 2.35. The van der Waals surface area contributed by atoms with E-state index in [1.807, 2.05) is 0 Å². The van der Waals surface area contributed by atoms with Gasteiger partial charge in [-0.2, -0.15) is 0 Å². The van der Waals surface area contributed by atoms with Crippen LogP contribution in [0.3, 0.4) is 0 Å². The van der Waals surface area contributed by atoms with Crippen molar-refractivity contribution in [2.75, 3.05) is 6.61 Å². The van der Waals surface area contributed by atoms with Gasteiger partial charge in [-0.15, -0.1) is 0 Å². The largest absolute Gasteiger partial charge is 0.385 e. The van der Waals surface area contributed by atoms with Gasteiger partial charge in [-0.3, -0.25) is 0 Å². The topological polar surface area (TPSA) is 29.5 Å². The number of benzene rings is 1. The smallest absolute Gasteiger partial charge is 0.0943 e. The van der Waals surface area contributed by atoms with Crippen LogP contribution in [0.4, 0.5) is 0 Å². The molecule has 1 aromatic carbocycles. The molecule has 2 unspecified atom stereocenters. The zero-order valence-corrected chi connectivity index (χ0v) is 11.6. The molecule has 2 heteroatoms. The van der Waals surface area contributed by atoms with Crippen molar-refractivity contribution in [3.63, 3.8) is 0 Å². The first-order valence-electron chi connectivity index (χ1n) is 6.99. The number of ether oxygens (including phenoxy) is 1. The zero-order valence-electron chi connectivity index (χ0n) is 11.6. The van der Waals surface area contributed by atoms with Gasteiger partial charge in [0.25, 0.3) is 0 Å². The van der Waals surface area contributed by atoms with Crippen LogP contribution in [0.2, 0.25) is 0 Å². The van der Waals surface area contributed by atoms with Crippen molar-refractivity contribution >= 4 is 0 Å². The van der Waals surface area contributed by atoms with Gasteiger partial charge in [-0.1, -0.05) is 45.0 Å². The Labute approximate surface area is 110 Å². The van der Waals surface area contributed by atoms with Crippen molar-refractivity contribution in [1.29, 1.82) is 0 Å². The molecule has 0 aliphatic carbocycles. The normalized spacial score (nSPS) is 28.6. The van der Waals surface area contributed by atoms with E-state index in [0.717, 1.165) is 12.0 Å². The average molecular weight is 248 g/mol. The Kier molecular flexibility index (Phi) is 4.08. The number of hydrogen-bond donors (Lipinski definition) is 1. The number of hydrogen-bond acceptors (Lipinski definition) is 2. The summed E-state index contributed by atoms with van der Waals surface area (Å²) in [6, 6.07) is 8.42. The predicted octanol–water partition coefficient (Wildman–Crippen LogP) is 3.59. The van der Waals surface area contributed by atoms with Gasteiger partial charge in [0.05, 0.1) is 18.3 Å². The fourth-order valence-corrected chi connectivity index (χ4v) is 2.63. The van der Waals surface area contributed by atoms with Crippen molar-refractivity contribution in [3.05, 3.63) is 35.4 Å². The van der Waals surface area contributed by atoms with E-state index in [1.165, 1.54) is 5.56 Å². The minimum Gasteiger partial charge on any atom is -0.385 e. The van der Waals surface area contributed by atoms with Gasteiger partial charge in [0.2, 0.25) is 0 Å². The van der Waals surface area contributed by atoms with Crippen LogP contribution in [-0.4, -0.2) is 17.8 Å². The standard InChI is InChI=1S/C16H24O2/c1-4-15-11-16(17,9-10-18-15)14-7-5-13(6-8-14)12(2)3/h5-8,12,15,17H,4,9-11H2,1-3H3. The third kappa shape index (κ3) is 2.76. The minimum atomic E-state index is -0.700. The Hall–Kier alpha value is -0.860. The minimum absolute atomic E-state index is 0.188. The molecule has 1 N–H and O–H groups in total. The highest BCUT2D eigenvalue weighted by Crippen LogP contribution is 2.35. The van der Waals surface area contributed by atoms with Gasteiger partial charge in [-0.05, 0) is 23.5 Å². The molecule has 0 saturated carbocycles. The Morgan fingerprint density at radius 3 is 2.56 bits per heavy atom. The second kappa shape index (κ2) is 5.41. The predicted molar refractivity (Wildman–Crippen MR) is 73.7 cm³/mol. The van der Waals surface area contributed by atoms with E-state index in [2.05, 4.69) is 45.0 Å². The monoisotopic (exact) mass is 248 g/mol. The molecule has 0 amide bonds. The van der Waals surface area contributed by atoms with Gasteiger partial charge >= 0.3 is 0 Å². The van der Waals surface area contributed by atoms with Gasteiger partial charge < -0.3 is 9.84 Å². The summed E-state index contributed by atoms with van der Waals surface area (Å²) < 4.78 is 5.65. The Morgan fingerprint density at radius 2 is 2.00 bits per heavy atom. The number of rotatable bonds is 3. The molecule has 1 fully saturated rings. The molecule has 0 aromatic heterocycles. The first kappa shape index (κ1) is 13.6. The van der Waals surface area contributed by atoms with Gasteiger partial charge in [0, 0.05) is 12.8 Å². The summed E-state index contributed by atoms with van der Waals surface area (Å²) in [6.45, 7) is 7.13. The molecule has 2 nitrogen and oxygen atoms in total. The molecule has 18 heavy (non-hydrogen) atoms. The second-order valence-corrected chi connectivity index (χ2v) is 5.66. The summed E-state index contributed by atoms with van der Waals surface area (Å²) in [5.74, 6) is 0.534. The Morgan fingerprint density at radius 1 is 1.33 bits per heavy atom. The van der Waals surface area contributed by atoms with Crippen LogP contribution in [0, 0.1) is 0 Å². The van der Waals surface area contributed by atoms with E-state index in [-0.39, 0.29) is 6.10 Å². The van der Waals surface area contributed by atoms with Crippen molar-refractivity contribution in [1.82, 2.24) is 0 Å². The average Bonchev–Trinajstić information content (AvgIpc) is 2.39. The van der Waals surface area contributed by atoms with E-state index in [4.69, 9.17) is 4.74 Å². The molecular weight excluding hydrogens is 224 g/mol. The molecule has 2 rings (SSSR count). The fraction of sp³-hybridized carbons (Fsp3) is 0.625. The van der Waals surface area contributed by atoms with Crippen LogP contribution < -0.4 is 0 Å². The molecule has 0 spiro atoms. The lowest BCUT2D eigenvalue weighted by Gasteiger charge is -2.37. The van der Waals surface area contributed by atoms with E-state index >= 15 is 0 Å². The molecule has 1 heterocycles. The first-order valence-corrected chi connectivity index (χ1v) is 6.99. The molecule has 1 aliphatic rings. The van der Waals surface area contributed by atoms with Crippen LogP contribution in [0.15, 0.2) is 24.3 Å². The molecule has 100 valence electrons. The maximum absolute atomic E-state index is 10.8. The van der Waals surface area contributed by atoms with Crippen molar-refractivity contribution in [2.24, 2.45) is 0 Å². The van der Waals surface area contributed by atoms with Crippen LogP contribution in [0.1, 0.15) is 57.1 Å². The van der Waals surface area contributed by atoms with Gasteiger partial charge in [0.1, 0.15) is 0 Å². The van der Waals surface area contributed by atoms with Crippen LogP contribution in [-0.2, 0) is 10.3 Å². The first-order chi connectivity index (χ1) is 8.55. The van der Waals surface area contributed by atoms with Crippen LogP contribution in [0.5, 0.6) is 0 Å². The summed E-state index contributed by atoms with van der Waals surface area (Å²) in [5.41, 5.74) is 1.66. The van der Waals surface area contributed by atoms with Crippen LogP contribution in [0.25, 0.3) is 0 Å². The molecule has 1 aliphatic heterocycles. The van der Waals surface area contributed by atoms with E-state index in [1.54, 1.807) is 0 Å².